The number of rotatable bonds is 6. The number of Topliss-reactive ketones (excluding diaryl/α,β-unsaturated/α-hetero) is 2. The van der Waals surface area contributed by atoms with Crippen molar-refractivity contribution in [3.8, 4) is 11.5 Å². The number of nitro benzene ring substituents is 1. The number of carbonyl (C=O) groups excluding carboxylic acids is 2. The van der Waals surface area contributed by atoms with Crippen molar-refractivity contribution in [1.29, 1.82) is 0 Å². The van der Waals surface area contributed by atoms with E-state index in [0.717, 1.165) is 29.9 Å². The number of ether oxygens (including phenoxy) is 1. The first-order valence-corrected chi connectivity index (χ1v) is 16.2. The average molecular weight is 754 g/mol. The quantitative estimate of drug-likeness (QED) is 0.216. The Bertz CT molecular complexity index is 1620. The summed E-state index contributed by atoms with van der Waals surface area (Å²) in [5, 5.41) is 11.7. The molecule has 3 aliphatic rings. The number of benzene rings is 2. The van der Waals surface area contributed by atoms with E-state index in [2.05, 4.69) is 71.4 Å². The van der Waals surface area contributed by atoms with Crippen molar-refractivity contribution in [2.24, 2.45) is 10.8 Å². The van der Waals surface area contributed by atoms with E-state index in [0.29, 0.717) is 63.9 Å². The van der Waals surface area contributed by atoms with E-state index in [9.17, 15) is 32.9 Å². The molecule has 0 saturated heterocycles. The Morgan fingerprint density at radius 1 is 0.933 bits per heavy atom. The smallest absolute Gasteiger partial charge is 0.416 e. The third kappa shape index (κ3) is 6.37. The van der Waals surface area contributed by atoms with Crippen molar-refractivity contribution >= 4 is 49.1 Å². The van der Waals surface area contributed by atoms with Crippen molar-refractivity contribution < 1.29 is 32.4 Å². The molecule has 5 rings (SSSR count). The molecule has 2 aromatic carbocycles. The van der Waals surface area contributed by atoms with E-state index in [1.807, 2.05) is 0 Å². The minimum atomic E-state index is -4.77. The minimum absolute atomic E-state index is 0.00973. The molecule has 0 amide bonds. The topological polar surface area (TPSA) is 89.8 Å². The fourth-order valence-corrected chi connectivity index (χ4v) is 8.13. The number of hydrogen-bond donors (Lipinski definition) is 0. The van der Waals surface area contributed by atoms with Crippen molar-refractivity contribution in [2.45, 2.75) is 78.8 Å². The lowest BCUT2D eigenvalue weighted by molar-refractivity contribution is -0.385. The molecule has 12 heteroatoms. The third-order valence-electron chi connectivity index (χ3n) is 8.52. The summed E-state index contributed by atoms with van der Waals surface area (Å²) >= 11 is 6.98. The van der Waals surface area contributed by atoms with E-state index in [1.54, 1.807) is 12.1 Å². The molecule has 0 aromatic heterocycles. The summed E-state index contributed by atoms with van der Waals surface area (Å²) in [7, 11) is 0. The van der Waals surface area contributed by atoms with E-state index in [-0.39, 0.29) is 33.9 Å². The molecule has 0 saturated carbocycles. The van der Waals surface area contributed by atoms with Crippen LogP contribution >= 0.6 is 31.9 Å². The van der Waals surface area contributed by atoms with Gasteiger partial charge >= 0.3 is 11.9 Å². The van der Waals surface area contributed by atoms with Gasteiger partial charge in [0.25, 0.3) is 0 Å². The van der Waals surface area contributed by atoms with Gasteiger partial charge in [-0.25, -0.2) is 0 Å². The summed E-state index contributed by atoms with van der Waals surface area (Å²) in [6.07, 6.45) is -1.90. The van der Waals surface area contributed by atoms with Gasteiger partial charge in [0.2, 0.25) is 5.75 Å². The first-order valence-electron chi connectivity index (χ1n) is 14.7. The second-order valence-electron chi connectivity index (χ2n) is 13.5. The highest BCUT2D eigenvalue weighted by molar-refractivity contribution is 9.11. The van der Waals surface area contributed by atoms with Crippen LogP contribution in [0.4, 0.5) is 18.9 Å². The van der Waals surface area contributed by atoms with Crippen LogP contribution in [0.25, 0.3) is 0 Å². The third-order valence-corrected chi connectivity index (χ3v) is 9.70. The molecule has 0 radical (unpaired) electrons. The average Bonchev–Trinajstić information content (AvgIpc) is 2.89. The van der Waals surface area contributed by atoms with Gasteiger partial charge in [0.1, 0.15) is 0 Å². The summed E-state index contributed by atoms with van der Waals surface area (Å²) in [6, 6.07) is 5.49. The first-order chi connectivity index (χ1) is 20.8. The van der Waals surface area contributed by atoms with Gasteiger partial charge in [0, 0.05) is 53.9 Å². The predicted molar refractivity (Wildman–Crippen MR) is 170 cm³/mol. The summed E-state index contributed by atoms with van der Waals surface area (Å²) in [4.78, 5) is 40.9. The van der Waals surface area contributed by atoms with Gasteiger partial charge < -0.3 is 9.64 Å². The molecule has 0 bridgehead atoms. The predicted octanol–water partition coefficient (Wildman–Crippen LogP) is 10.0. The van der Waals surface area contributed by atoms with Gasteiger partial charge in [0.05, 0.1) is 19.4 Å². The van der Waals surface area contributed by atoms with E-state index < -0.39 is 28.3 Å². The number of allylic oxidation sites excluding steroid dienone is 4. The van der Waals surface area contributed by atoms with Gasteiger partial charge in [-0.05, 0) is 91.8 Å². The molecule has 0 fully saturated rings. The fraction of sp³-hybridized carbons (Fsp3) is 0.455. The number of ketones is 2. The van der Waals surface area contributed by atoms with Crippen LogP contribution in [0.1, 0.15) is 83.8 Å². The monoisotopic (exact) mass is 752 g/mol. The molecule has 0 unspecified atom stereocenters. The molecular formula is C33H33Br2F3N2O5. The van der Waals surface area contributed by atoms with Gasteiger partial charge in [-0.1, -0.05) is 34.6 Å². The van der Waals surface area contributed by atoms with Gasteiger partial charge in [-0.15, -0.1) is 0 Å². The van der Waals surface area contributed by atoms with E-state index >= 15 is 0 Å². The van der Waals surface area contributed by atoms with Gasteiger partial charge in [-0.3, -0.25) is 19.7 Å². The van der Waals surface area contributed by atoms with Crippen molar-refractivity contribution in [1.82, 2.24) is 4.90 Å². The van der Waals surface area contributed by atoms with Crippen LogP contribution < -0.4 is 4.74 Å². The second kappa shape index (κ2) is 11.7. The molecule has 2 aromatic rings. The van der Waals surface area contributed by atoms with Crippen LogP contribution in [0.15, 0.2) is 61.8 Å². The van der Waals surface area contributed by atoms with Crippen LogP contribution in [0.5, 0.6) is 11.5 Å². The van der Waals surface area contributed by atoms with Crippen LogP contribution in [0, 0.1) is 20.9 Å². The summed E-state index contributed by atoms with van der Waals surface area (Å²) < 4.78 is 46.3. The Morgan fingerprint density at radius 2 is 1.44 bits per heavy atom. The minimum Gasteiger partial charge on any atom is -0.448 e. The van der Waals surface area contributed by atoms with E-state index in [1.165, 1.54) is 0 Å². The number of nitrogens with zero attached hydrogens (tertiary/aromatic N) is 2. The Kier molecular flexibility index (Phi) is 8.65. The molecule has 0 spiro atoms. The maximum absolute atomic E-state index is 14.0. The molecule has 1 heterocycles. The Labute approximate surface area is 276 Å². The number of hydrogen-bond acceptors (Lipinski definition) is 6. The van der Waals surface area contributed by atoms with Crippen molar-refractivity contribution in [2.75, 3.05) is 6.54 Å². The zero-order valence-electron chi connectivity index (χ0n) is 25.5. The molecule has 0 N–H and O–H groups in total. The van der Waals surface area contributed by atoms with Gasteiger partial charge in [0.15, 0.2) is 17.3 Å². The summed E-state index contributed by atoms with van der Waals surface area (Å²) in [5.41, 5.74) is 1.24. The molecular weight excluding hydrogens is 721 g/mol. The fourth-order valence-electron chi connectivity index (χ4n) is 6.75. The van der Waals surface area contributed by atoms with E-state index in [4.69, 9.17) is 4.74 Å². The zero-order valence-corrected chi connectivity index (χ0v) is 28.7. The number of carbonyl (C=O) groups is 2. The van der Waals surface area contributed by atoms with Crippen molar-refractivity contribution in [3.63, 3.8) is 0 Å². The van der Waals surface area contributed by atoms with Gasteiger partial charge in [-0.2, -0.15) is 13.2 Å². The number of halogens is 5. The lowest BCUT2D eigenvalue weighted by atomic mass is 9.63. The van der Waals surface area contributed by atoms with Crippen LogP contribution in [0.2, 0.25) is 0 Å². The molecule has 45 heavy (non-hydrogen) atoms. The Morgan fingerprint density at radius 3 is 1.89 bits per heavy atom. The second-order valence-corrected chi connectivity index (χ2v) is 15.2. The highest BCUT2D eigenvalue weighted by atomic mass is 79.9. The SMILES string of the molecule is CCCN1C2=C(C(=O)CC(C)(C)C2)C(c2cc(Br)c(Oc3ccc(C(F)(F)F)cc3[N+](=O)[O-])c(Br)c2)C2=C1CC(C)(C)CC2=O. The molecule has 240 valence electrons. The maximum Gasteiger partial charge on any atom is 0.416 e. The summed E-state index contributed by atoms with van der Waals surface area (Å²) in [6.45, 7) is 11.1. The maximum atomic E-state index is 14.0. The largest absolute Gasteiger partial charge is 0.448 e. The first kappa shape index (κ1) is 33.4. The lowest BCUT2D eigenvalue weighted by Crippen LogP contribution is -2.44. The number of nitro groups is 1. The lowest BCUT2D eigenvalue weighted by Gasteiger charge is -2.49. The zero-order chi connectivity index (χ0) is 33.2. The Hall–Kier alpha value is -2.99. The molecule has 0 atom stereocenters. The highest BCUT2D eigenvalue weighted by Gasteiger charge is 2.49. The highest BCUT2D eigenvalue weighted by Crippen LogP contribution is 2.55. The molecule has 1 aliphatic heterocycles. The van der Waals surface area contributed by atoms with Crippen molar-refractivity contribution in [3.05, 3.63) is 83.1 Å². The summed E-state index contributed by atoms with van der Waals surface area (Å²) in [5.74, 6) is -0.925. The van der Waals surface area contributed by atoms with Crippen LogP contribution in [-0.2, 0) is 15.8 Å². The van der Waals surface area contributed by atoms with Crippen LogP contribution in [-0.4, -0.2) is 27.9 Å². The standard InChI is InChI=1S/C33H33Br2F3N2O5/c1-6-9-39-22-13-31(2,3)15-24(41)28(22)27(29-23(39)14-32(4,5)16-25(29)42)17-10-19(34)30(20(35)11-17)45-26-8-7-18(33(36,37)38)12-21(26)40(43)44/h7-8,10-12,27H,6,9,13-16H2,1-5H3. The molecule has 2 aliphatic carbocycles. The van der Waals surface area contributed by atoms with Crippen LogP contribution in [0.3, 0.4) is 0 Å². The number of alkyl halides is 3. The Balaban J connectivity index is 1.66. The molecule has 7 nitrogen and oxygen atoms in total. The normalized spacial score (nSPS) is 19.9.